The van der Waals surface area contributed by atoms with Crippen LogP contribution < -0.4 is 0 Å². The average molecular weight is 1240 g/mol. The zero-order valence-corrected chi connectivity index (χ0v) is 51.7. The van der Waals surface area contributed by atoms with Gasteiger partial charge in [-0.3, -0.25) is 4.98 Å². The summed E-state index contributed by atoms with van der Waals surface area (Å²) < 4.78 is 60.6. The molecule has 0 amide bonds. The van der Waals surface area contributed by atoms with Crippen LogP contribution in [-0.4, -0.2) is 18.7 Å². The number of pyridine rings is 1. The maximum Gasteiger partial charge on any atom is 0.170 e. The van der Waals surface area contributed by atoms with Crippen molar-refractivity contribution >= 4 is 65.4 Å². The van der Waals surface area contributed by atoms with E-state index in [1.807, 2.05) is 48.5 Å². The highest BCUT2D eigenvalue weighted by Crippen LogP contribution is 2.49. The Morgan fingerprint density at radius 2 is 0.510 bits per heavy atom. The number of rotatable bonds is 11. The molecule has 4 heterocycles. The number of halogens is 3. The maximum atomic E-state index is 18.2. The summed E-state index contributed by atoms with van der Waals surface area (Å²) >= 11 is 0. The van der Waals surface area contributed by atoms with Crippen LogP contribution in [0.5, 0.6) is 0 Å². The topological polar surface area (TPSA) is 27.7 Å². The maximum absolute atomic E-state index is 18.2. The van der Waals surface area contributed by atoms with Crippen molar-refractivity contribution < 1.29 is 13.2 Å². The monoisotopic (exact) mass is 1240 g/mol. The Balaban J connectivity index is 1.05. The number of fused-ring (bicyclic) bond motifs is 9. The quantitative estimate of drug-likeness (QED) is 0.119. The van der Waals surface area contributed by atoms with Gasteiger partial charge in [0.2, 0.25) is 0 Å². The highest BCUT2D eigenvalue weighted by atomic mass is 19.2. The van der Waals surface area contributed by atoms with E-state index in [0.717, 1.165) is 138 Å². The van der Waals surface area contributed by atoms with Gasteiger partial charge in [-0.1, -0.05) is 224 Å². The van der Waals surface area contributed by atoms with Crippen LogP contribution in [0.25, 0.3) is 172 Å². The Kier molecular flexibility index (Phi) is 13.4. The fraction of sp³-hybridized carbons (Fsp3) is 0. The predicted molar refractivity (Wildman–Crippen MR) is 391 cm³/mol. The van der Waals surface area contributed by atoms with E-state index in [1.165, 1.54) is 6.20 Å². The molecule has 0 aliphatic carbocycles. The second-order valence-electron chi connectivity index (χ2n) is 24.6. The van der Waals surface area contributed by atoms with E-state index in [4.69, 9.17) is 0 Å². The molecule has 14 aromatic carbocycles. The van der Waals surface area contributed by atoms with E-state index in [2.05, 4.69) is 273 Å². The van der Waals surface area contributed by atoms with Crippen molar-refractivity contribution in [2.45, 2.75) is 0 Å². The molecular weight excluding hydrogens is 1180 g/mol. The van der Waals surface area contributed by atoms with E-state index in [9.17, 15) is 0 Å². The van der Waals surface area contributed by atoms with Crippen LogP contribution in [0.1, 0.15) is 0 Å². The lowest BCUT2D eigenvalue weighted by molar-refractivity contribution is 0.501. The number of benzene rings is 14. The zero-order valence-electron chi connectivity index (χ0n) is 51.7. The minimum Gasteiger partial charge on any atom is -0.307 e. The second kappa shape index (κ2) is 22.9. The summed E-state index contributed by atoms with van der Waals surface area (Å²) in [6.07, 6.45) is 1.49. The number of hydrogen-bond acceptors (Lipinski definition) is 1. The number of hydrogen-bond donors (Lipinski definition) is 0. The summed E-state index contributed by atoms with van der Waals surface area (Å²) in [6.45, 7) is 0. The summed E-state index contributed by atoms with van der Waals surface area (Å²) in [6, 6.07) is 112. The Hall–Kier alpha value is -12.6. The van der Waals surface area contributed by atoms with Gasteiger partial charge in [0.25, 0.3) is 0 Å². The molecule has 0 bridgehead atoms. The second-order valence-corrected chi connectivity index (χ2v) is 24.6. The van der Waals surface area contributed by atoms with Crippen LogP contribution in [0.4, 0.5) is 13.2 Å². The fourth-order valence-corrected chi connectivity index (χ4v) is 14.6. The van der Waals surface area contributed by atoms with Crippen molar-refractivity contribution in [3.05, 3.63) is 351 Å². The molecule has 0 saturated carbocycles. The van der Waals surface area contributed by atoms with Gasteiger partial charge in [-0.15, -0.1) is 0 Å². The third-order valence-electron chi connectivity index (χ3n) is 19.1. The molecule has 0 fully saturated rings. The molecule has 0 saturated heterocycles. The largest absolute Gasteiger partial charge is 0.307 e. The highest BCUT2D eigenvalue weighted by molar-refractivity contribution is 6.16. The molecule has 96 heavy (non-hydrogen) atoms. The minimum atomic E-state index is -1.33. The lowest BCUT2D eigenvalue weighted by Crippen LogP contribution is -2.10. The highest BCUT2D eigenvalue weighted by Gasteiger charge is 2.30. The van der Waals surface area contributed by atoms with Gasteiger partial charge in [0.15, 0.2) is 11.6 Å². The van der Waals surface area contributed by atoms with E-state index in [1.54, 1.807) is 18.2 Å². The van der Waals surface area contributed by atoms with Crippen LogP contribution in [0, 0.1) is 17.5 Å². The third kappa shape index (κ3) is 9.34. The summed E-state index contributed by atoms with van der Waals surface area (Å²) in [5, 5.41) is 5.85. The molecule has 0 N–H and O–H groups in total. The van der Waals surface area contributed by atoms with Crippen molar-refractivity contribution in [1.29, 1.82) is 0 Å². The normalized spacial score (nSPS) is 11.7. The van der Waals surface area contributed by atoms with Gasteiger partial charge < -0.3 is 13.7 Å². The lowest BCUT2D eigenvalue weighted by atomic mass is 9.97. The molecule has 4 aromatic heterocycles. The zero-order chi connectivity index (χ0) is 64.0. The molecule has 18 aromatic rings. The summed E-state index contributed by atoms with van der Waals surface area (Å²) in [5.74, 6) is -3.48. The molecule has 0 aliphatic heterocycles. The Bertz CT molecular complexity index is 5550. The molecule has 4 nitrogen and oxygen atoms in total. The first-order valence-electron chi connectivity index (χ1n) is 32.2. The average Bonchev–Trinajstić information content (AvgIpc) is 1.54. The van der Waals surface area contributed by atoms with E-state index < -0.39 is 23.0 Å². The third-order valence-corrected chi connectivity index (χ3v) is 19.1. The van der Waals surface area contributed by atoms with Crippen LogP contribution >= 0.6 is 0 Å². The van der Waals surface area contributed by atoms with Crippen molar-refractivity contribution in [3.8, 4) is 106 Å². The van der Waals surface area contributed by atoms with Gasteiger partial charge in [-0.05, 0) is 175 Å². The van der Waals surface area contributed by atoms with Crippen LogP contribution in [-0.2, 0) is 0 Å². The molecule has 7 heteroatoms. The van der Waals surface area contributed by atoms with E-state index in [-0.39, 0.29) is 16.8 Å². The van der Waals surface area contributed by atoms with Gasteiger partial charge >= 0.3 is 0 Å². The van der Waals surface area contributed by atoms with Gasteiger partial charge in [0.1, 0.15) is 5.82 Å². The SMILES string of the molecule is Fc1cc(-c2ccccn2)c(F)c(F)c1-c1cc(-n2c3ccc(-c4ccccc4)cc3c3cc(-c4ccccc4)ccc32)c(-n2c3ccc(-c4ccccc4)cc3c3cc(-c4ccccc4)ccc32)c(-n2c3ccc(-c4ccccc4)cc3c3cc(-c4ccccc4)ccc32)c1. The molecule has 452 valence electrons. The Morgan fingerprint density at radius 3 is 0.792 bits per heavy atom. The molecule has 0 aliphatic rings. The van der Waals surface area contributed by atoms with Crippen molar-refractivity contribution in [2.24, 2.45) is 0 Å². The smallest absolute Gasteiger partial charge is 0.170 e. The minimum absolute atomic E-state index is 0.110. The summed E-state index contributed by atoms with van der Waals surface area (Å²) in [5.41, 5.74) is 19.0. The molecule has 0 radical (unpaired) electrons. The van der Waals surface area contributed by atoms with Gasteiger partial charge in [-0.25, -0.2) is 13.2 Å². The first kappa shape index (κ1) is 56.2. The van der Waals surface area contributed by atoms with Crippen molar-refractivity contribution in [3.63, 3.8) is 0 Å². The summed E-state index contributed by atoms with van der Waals surface area (Å²) in [4.78, 5) is 4.36. The van der Waals surface area contributed by atoms with Crippen molar-refractivity contribution in [1.82, 2.24) is 18.7 Å². The van der Waals surface area contributed by atoms with Gasteiger partial charge in [0, 0.05) is 44.1 Å². The van der Waals surface area contributed by atoms with Gasteiger partial charge in [0.05, 0.1) is 61.4 Å². The standard InChI is InChI=1S/C89H55F3N4/c90-76-55-75(77-33-19-20-46-93-77)87(91)88(92)86(76)68-53-84(94-78-40-34-62(56-21-7-1-8-22-56)47-69(78)70-48-63(35-41-79(70)94)57-23-9-2-10-24-57)89(96-82-44-38-66(60-29-15-5-16-30-60)51-73(82)74-52-67(39-45-83(74)96)61-31-17-6-18-32-61)85(54-68)95-80-42-36-64(58-25-11-3-12-26-58)49-71(80)72-50-65(37-43-81(72)95)59-27-13-4-14-28-59/h1-55H. The fourth-order valence-electron chi connectivity index (χ4n) is 14.6. The first-order chi connectivity index (χ1) is 47.4. The molecule has 0 unspecified atom stereocenters. The van der Waals surface area contributed by atoms with E-state index >= 15 is 13.2 Å². The van der Waals surface area contributed by atoms with Crippen LogP contribution in [0.2, 0.25) is 0 Å². The number of nitrogens with zero attached hydrogens (tertiary/aromatic N) is 4. The first-order valence-corrected chi connectivity index (χ1v) is 32.2. The van der Waals surface area contributed by atoms with E-state index in [0.29, 0.717) is 17.1 Å². The predicted octanol–water partition coefficient (Wildman–Crippen LogP) is 24.1. The molecule has 0 spiro atoms. The molecular formula is C89H55F3N4. The Labute approximate surface area is 551 Å². The lowest BCUT2D eigenvalue weighted by Gasteiger charge is -2.24. The number of aromatic nitrogens is 4. The molecule has 0 atom stereocenters. The van der Waals surface area contributed by atoms with Crippen molar-refractivity contribution in [2.75, 3.05) is 0 Å². The Morgan fingerprint density at radius 1 is 0.229 bits per heavy atom. The summed E-state index contributed by atoms with van der Waals surface area (Å²) in [7, 11) is 0. The van der Waals surface area contributed by atoms with Gasteiger partial charge in [-0.2, -0.15) is 0 Å². The van der Waals surface area contributed by atoms with Crippen LogP contribution in [0.15, 0.2) is 334 Å². The molecule has 18 rings (SSSR count). The van der Waals surface area contributed by atoms with Crippen LogP contribution in [0.3, 0.4) is 0 Å².